The lowest BCUT2D eigenvalue weighted by Gasteiger charge is -2.24. The molecule has 0 amide bonds. The van der Waals surface area contributed by atoms with Crippen molar-refractivity contribution in [3.63, 3.8) is 0 Å². The lowest BCUT2D eigenvalue weighted by atomic mass is 9.90. The maximum absolute atomic E-state index is 13.1. The van der Waals surface area contributed by atoms with E-state index in [4.69, 9.17) is 9.72 Å². The van der Waals surface area contributed by atoms with E-state index in [-0.39, 0.29) is 11.6 Å². The van der Waals surface area contributed by atoms with Crippen molar-refractivity contribution in [3.8, 4) is 34.4 Å². The Balaban J connectivity index is 1.57. The van der Waals surface area contributed by atoms with Crippen molar-refractivity contribution in [1.29, 1.82) is 5.26 Å². The average Bonchev–Trinajstić information content (AvgIpc) is 3.75. The molecule has 1 fully saturated rings. The van der Waals surface area contributed by atoms with Gasteiger partial charge in [0.15, 0.2) is 5.82 Å². The summed E-state index contributed by atoms with van der Waals surface area (Å²) < 4.78 is 14.9. The quantitative estimate of drug-likeness (QED) is 0.332. The summed E-state index contributed by atoms with van der Waals surface area (Å²) in [7, 11) is 7.43. The van der Waals surface area contributed by atoms with E-state index >= 15 is 0 Å². The number of benzene rings is 2. The van der Waals surface area contributed by atoms with Gasteiger partial charge in [-0.3, -0.25) is 18.4 Å². The van der Waals surface area contributed by atoms with Gasteiger partial charge in [-0.25, -0.2) is 14.8 Å². The predicted octanol–water partition coefficient (Wildman–Crippen LogP) is 3.78. The first-order valence-corrected chi connectivity index (χ1v) is 13.6. The summed E-state index contributed by atoms with van der Waals surface area (Å²) >= 11 is 0. The molecule has 41 heavy (non-hydrogen) atoms. The van der Waals surface area contributed by atoms with Crippen LogP contribution < -0.4 is 5.69 Å². The zero-order valence-electron chi connectivity index (χ0n) is 23.4. The molecule has 0 bridgehead atoms. The first-order chi connectivity index (χ1) is 19.9. The van der Waals surface area contributed by atoms with Crippen molar-refractivity contribution in [2.24, 2.45) is 28.2 Å². The number of rotatable bonds is 4. The monoisotopic (exact) mass is 547 g/mol. The van der Waals surface area contributed by atoms with Crippen LogP contribution in [0.2, 0.25) is 0 Å². The van der Waals surface area contributed by atoms with Crippen LogP contribution in [0.15, 0.2) is 54.0 Å². The van der Waals surface area contributed by atoms with E-state index in [0.29, 0.717) is 24.6 Å². The molecule has 1 aliphatic rings. The van der Waals surface area contributed by atoms with E-state index in [1.54, 1.807) is 32.5 Å². The lowest BCUT2D eigenvalue weighted by Crippen LogP contribution is -2.20. The van der Waals surface area contributed by atoms with Gasteiger partial charge in [0.25, 0.3) is 0 Å². The third-order valence-corrected chi connectivity index (χ3v) is 8.27. The van der Waals surface area contributed by atoms with Gasteiger partial charge in [0.05, 0.1) is 58.1 Å². The Morgan fingerprint density at radius 3 is 2.49 bits per heavy atom. The molecule has 0 atom stereocenters. The van der Waals surface area contributed by atoms with Crippen molar-refractivity contribution in [2.75, 3.05) is 13.2 Å². The Hall–Kier alpha value is -4.95. The Morgan fingerprint density at radius 2 is 1.80 bits per heavy atom. The molecule has 5 heterocycles. The molecule has 2 aromatic carbocycles. The van der Waals surface area contributed by atoms with Gasteiger partial charge in [0.1, 0.15) is 5.69 Å². The molecule has 6 aromatic rings. The number of ether oxygens (including phenoxy) is 1. The summed E-state index contributed by atoms with van der Waals surface area (Å²) in [5.41, 5.74) is 8.24. The number of aromatic nitrogens is 8. The average molecular weight is 548 g/mol. The van der Waals surface area contributed by atoms with Crippen LogP contribution in [-0.2, 0) is 32.9 Å². The summed E-state index contributed by atoms with van der Waals surface area (Å²) in [5.74, 6) is 0.950. The third kappa shape index (κ3) is 3.82. The molecule has 0 aliphatic carbocycles. The SMILES string of the molecule is Cn1cc(-c2cc3nc(-c4cncn4C)n(-c4cc(C5CCOCC5)c5c(c4)n(C)c(=O)n5C)c3cc2C#N)cn1. The number of imidazole rings is 3. The molecule has 1 aliphatic heterocycles. The maximum Gasteiger partial charge on any atom is 0.328 e. The van der Waals surface area contributed by atoms with Gasteiger partial charge in [-0.2, -0.15) is 10.4 Å². The van der Waals surface area contributed by atoms with Crippen LogP contribution in [0.5, 0.6) is 0 Å². The van der Waals surface area contributed by atoms with Gasteiger partial charge in [0.2, 0.25) is 0 Å². The van der Waals surface area contributed by atoms with Crippen LogP contribution >= 0.6 is 0 Å². The minimum Gasteiger partial charge on any atom is -0.381 e. The highest BCUT2D eigenvalue weighted by atomic mass is 16.5. The van der Waals surface area contributed by atoms with Crippen LogP contribution in [0.4, 0.5) is 0 Å². The summed E-state index contributed by atoms with van der Waals surface area (Å²) in [6.07, 6.45) is 8.96. The molecule has 0 unspecified atom stereocenters. The van der Waals surface area contributed by atoms with Crippen LogP contribution in [0.25, 0.3) is 50.4 Å². The highest BCUT2D eigenvalue weighted by Crippen LogP contribution is 2.38. The second-order valence-electron chi connectivity index (χ2n) is 10.8. The van der Waals surface area contributed by atoms with Gasteiger partial charge in [-0.05, 0) is 48.6 Å². The van der Waals surface area contributed by atoms with E-state index in [9.17, 15) is 10.1 Å². The summed E-state index contributed by atoms with van der Waals surface area (Å²) in [6.45, 7) is 1.38. The van der Waals surface area contributed by atoms with Crippen molar-refractivity contribution < 1.29 is 4.74 Å². The molecule has 1 saturated heterocycles. The van der Waals surface area contributed by atoms with Gasteiger partial charge in [-0.15, -0.1) is 0 Å². The second-order valence-corrected chi connectivity index (χ2v) is 10.8. The van der Waals surface area contributed by atoms with Gasteiger partial charge < -0.3 is 9.30 Å². The molecular weight excluding hydrogens is 518 g/mol. The Bertz CT molecular complexity index is 2070. The molecule has 0 saturated carbocycles. The van der Waals surface area contributed by atoms with Crippen LogP contribution in [0.3, 0.4) is 0 Å². The Kier molecular flexibility index (Phi) is 5.69. The van der Waals surface area contributed by atoms with E-state index in [1.807, 2.05) is 57.2 Å². The van der Waals surface area contributed by atoms with Crippen molar-refractivity contribution in [3.05, 3.63) is 70.8 Å². The van der Waals surface area contributed by atoms with E-state index in [1.165, 1.54) is 0 Å². The van der Waals surface area contributed by atoms with Crippen LogP contribution in [-0.4, -0.2) is 51.2 Å². The molecule has 206 valence electrons. The highest BCUT2D eigenvalue weighted by Gasteiger charge is 2.26. The van der Waals surface area contributed by atoms with Crippen LogP contribution in [0.1, 0.15) is 29.9 Å². The smallest absolute Gasteiger partial charge is 0.328 e. The van der Waals surface area contributed by atoms with Gasteiger partial charge in [0, 0.05) is 58.7 Å². The minimum absolute atomic E-state index is 0.0688. The fraction of sp³-hybridized carbons (Fsp3) is 0.300. The summed E-state index contributed by atoms with van der Waals surface area (Å²) in [6, 6.07) is 10.5. The third-order valence-electron chi connectivity index (χ3n) is 8.27. The number of nitrogens with zero attached hydrogens (tertiary/aromatic N) is 9. The molecule has 0 radical (unpaired) electrons. The van der Waals surface area contributed by atoms with Crippen LogP contribution in [0, 0.1) is 11.3 Å². The molecule has 11 heteroatoms. The van der Waals surface area contributed by atoms with Crippen molar-refractivity contribution in [1.82, 2.24) is 38.0 Å². The molecular formula is C30H29N9O2. The first kappa shape index (κ1) is 25.0. The number of aryl methyl sites for hydroxylation is 4. The molecule has 4 aromatic heterocycles. The number of hydrogen-bond acceptors (Lipinski definition) is 6. The summed E-state index contributed by atoms with van der Waals surface area (Å²) in [4.78, 5) is 22.6. The van der Waals surface area contributed by atoms with E-state index in [0.717, 1.165) is 63.0 Å². The summed E-state index contributed by atoms with van der Waals surface area (Å²) in [5, 5.41) is 14.5. The molecule has 7 rings (SSSR count). The number of fused-ring (bicyclic) bond motifs is 2. The lowest BCUT2D eigenvalue weighted by molar-refractivity contribution is 0.0855. The Labute approximate surface area is 235 Å². The zero-order valence-corrected chi connectivity index (χ0v) is 23.4. The number of hydrogen-bond donors (Lipinski definition) is 0. The molecule has 0 spiro atoms. The molecule has 11 nitrogen and oxygen atoms in total. The van der Waals surface area contributed by atoms with Gasteiger partial charge >= 0.3 is 5.69 Å². The largest absolute Gasteiger partial charge is 0.381 e. The minimum atomic E-state index is -0.0688. The van der Waals surface area contributed by atoms with E-state index in [2.05, 4.69) is 26.8 Å². The first-order valence-electron chi connectivity index (χ1n) is 13.6. The standard InChI is InChI=1S/C30H29N9O2/c1-35-17-32-15-27(35)29-34-24-12-22(20-14-33-36(2)16-20)19(13-31)9-25(24)39(29)21-10-23(18-5-7-41-8-6-18)28-26(11-21)37(3)30(40)38(28)4/h9-12,14-18H,5-8H2,1-4H3. The topological polar surface area (TPSA) is 113 Å². The fourth-order valence-electron chi connectivity index (χ4n) is 6.14. The zero-order chi connectivity index (χ0) is 28.4. The maximum atomic E-state index is 13.1. The second kappa shape index (κ2) is 9.31. The normalized spacial score (nSPS) is 14.3. The van der Waals surface area contributed by atoms with Crippen molar-refractivity contribution in [2.45, 2.75) is 18.8 Å². The number of nitriles is 1. The fourth-order valence-corrected chi connectivity index (χ4v) is 6.14. The van der Waals surface area contributed by atoms with E-state index < -0.39 is 0 Å². The highest BCUT2D eigenvalue weighted by molar-refractivity contribution is 5.91. The molecule has 0 N–H and O–H groups in total. The van der Waals surface area contributed by atoms with Gasteiger partial charge in [-0.1, -0.05) is 0 Å². The Morgan fingerprint density at radius 1 is 1.00 bits per heavy atom. The predicted molar refractivity (Wildman–Crippen MR) is 155 cm³/mol. The van der Waals surface area contributed by atoms with Crippen molar-refractivity contribution >= 4 is 22.1 Å².